The van der Waals surface area contributed by atoms with Gasteiger partial charge >= 0.3 is 5.69 Å². The molecule has 5 heteroatoms. The molecule has 0 aliphatic heterocycles. The molecule has 0 atom stereocenters. The number of hydrogen-bond donors (Lipinski definition) is 0. The maximum Gasteiger partial charge on any atom is 0.306 e. The van der Waals surface area contributed by atoms with Crippen molar-refractivity contribution in [1.82, 2.24) is 0 Å². The van der Waals surface area contributed by atoms with Crippen molar-refractivity contribution in [3.63, 3.8) is 0 Å². The van der Waals surface area contributed by atoms with Gasteiger partial charge in [0, 0.05) is 6.07 Å². The Bertz CT molecular complexity index is 413. The SMILES string of the molecule is CC(C)(C)c1ccc([N+](=O)[O-])c(F)c1Cl. The first-order chi connectivity index (χ1) is 6.75. The number of benzene rings is 1. The molecular weight excluding hydrogens is 221 g/mol. The minimum atomic E-state index is -0.964. The molecule has 0 N–H and O–H groups in total. The Balaban J connectivity index is 3.41. The number of halogens is 2. The summed E-state index contributed by atoms with van der Waals surface area (Å²) in [6, 6.07) is 2.63. The van der Waals surface area contributed by atoms with Gasteiger partial charge in [-0.15, -0.1) is 0 Å². The highest BCUT2D eigenvalue weighted by atomic mass is 35.5. The molecule has 0 spiro atoms. The summed E-state index contributed by atoms with van der Waals surface area (Å²) in [6.45, 7) is 5.58. The van der Waals surface area contributed by atoms with Crippen LogP contribution >= 0.6 is 11.6 Å². The van der Waals surface area contributed by atoms with E-state index in [1.165, 1.54) is 6.07 Å². The van der Waals surface area contributed by atoms with E-state index in [0.29, 0.717) is 5.56 Å². The number of nitro groups is 1. The summed E-state index contributed by atoms with van der Waals surface area (Å²) >= 11 is 5.75. The van der Waals surface area contributed by atoms with E-state index in [4.69, 9.17) is 11.6 Å². The van der Waals surface area contributed by atoms with Crippen molar-refractivity contribution in [2.24, 2.45) is 0 Å². The van der Waals surface area contributed by atoms with E-state index in [1.807, 2.05) is 20.8 Å². The average Bonchev–Trinajstić information content (AvgIpc) is 2.06. The third-order valence-electron chi connectivity index (χ3n) is 2.07. The highest BCUT2D eigenvalue weighted by Crippen LogP contribution is 2.34. The lowest BCUT2D eigenvalue weighted by Crippen LogP contribution is -2.13. The van der Waals surface area contributed by atoms with Gasteiger partial charge in [0.05, 0.1) is 9.95 Å². The van der Waals surface area contributed by atoms with Crippen LogP contribution in [0.1, 0.15) is 26.3 Å². The van der Waals surface area contributed by atoms with Crippen LogP contribution in [0.15, 0.2) is 12.1 Å². The van der Waals surface area contributed by atoms with E-state index in [9.17, 15) is 14.5 Å². The zero-order chi connectivity index (χ0) is 11.8. The van der Waals surface area contributed by atoms with Crippen LogP contribution in [-0.2, 0) is 5.41 Å². The van der Waals surface area contributed by atoms with E-state index in [-0.39, 0.29) is 10.4 Å². The molecule has 3 nitrogen and oxygen atoms in total. The van der Waals surface area contributed by atoms with Crippen LogP contribution in [0, 0.1) is 15.9 Å². The Hall–Kier alpha value is -1.16. The summed E-state index contributed by atoms with van der Waals surface area (Å²) in [5.41, 5.74) is -0.368. The van der Waals surface area contributed by atoms with Gasteiger partial charge in [0.15, 0.2) is 0 Å². The van der Waals surface area contributed by atoms with E-state index < -0.39 is 16.4 Å². The van der Waals surface area contributed by atoms with E-state index >= 15 is 0 Å². The van der Waals surface area contributed by atoms with Gasteiger partial charge in [-0.1, -0.05) is 32.4 Å². The maximum absolute atomic E-state index is 13.5. The molecule has 1 aromatic rings. The van der Waals surface area contributed by atoms with Crippen LogP contribution in [0.2, 0.25) is 5.02 Å². The largest absolute Gasteiger partial charge is 0.306 e. The summed E-state index contributed by atoms with van der Waals surface area (Å²) in [4.78, 5) is 9.66. The second kappa shape index (κ2) is 3.77. The molecule has 0 amide bonds. The molecule has 0 fully saturated rings. The van der Waals surface area contributed by atoms with Crippen LogP contribution in [-0.4, -0.2) is 4.92 Å². The zero-order valence-electron chi connectivity index (χ0n) is 8.67. The highest BCUT2D eigenvalue weighted by molar-refractivity contribution is 6.31. The van der Waals surface area contributed by atoms with Crippen molar-refractivity contribution >= 4 is 17.3 Å². The standard InChI is InChI=1S/C10H11ClFNO2/c1-10(2,3)6-4-5-7(13(14)15)9(12)8(6)11/h4-5H,1-3H3. The van der Waals surface area contributed by atoms with Gasteiger partial charge in [-0.25, -0.2) is 0 Å². The van der Waals surface area contributed by atoms with Crippen LogP contribution in [0.3, 0.4) is 0 Å². The molecule has 0 unspecified atom stereocenters. The predicted octanol–water partition coefficient (Wildman–Crippen LogP) is 3.68. The smallest absolute Gasteiger partial charge is 0.258 e. The van der Waals surface area contributed by atoms with Gasteiger partial charge < -0.3 is 0 Å². The van der Waals surface area contributed by atoms with Crippen LogP contribution in [0.25, 0.3) is 0 Å². The molecular formula is C10H11ClFNO2. The Kier molecular flexibility index (Phi) is 3.00. The summed E-state index contributed by atoms with van der Waals surface area (Å²) in [6.07, 6.45) is 0. The lowest BCUT2D eigenvalue weighted by Gasteiger charge is -2.20. The Morgan fingerprint density at radius 3 is 2.33 bits per heavy atom. The fraction of sp³-hybridized carbons (Fsp3) is 0.400. The van der Waals surface area contributed by atoms with Gasteiger partial charge in [-0.2, -0.15) is 4.39 Å². The molecule has 0 saturated carbocycles. The minimum Gasteiger partial charge on any atom is -0.258 e. The van der Waals surface area contributed by atoms with Crippen molar-refractivity contribution in [2.45, 2.75) is 26.2 Å². The molecule has 0 heterocycles. The second-order valence-corrected chi connectivity index (χ2v) is 4.65. The second-order valence-electron chi connectivity index (χ2n) is 4.27. The molecule has 0 radical (unpaired) electrons. The Morgan fingerprint density at radius 1 is 1.40 bits per heavy atom. The molecule has 15 heavy (non-hydrogen) atoms. The molecule has 0 aromatic heterocycles. The van der Waals surface area contributed by atoms with Gasteiger partial charge in [0.25, 0.3) is 0 Å². The summed E-state index contributed by atoms with van der Waals surface area (Å²) in [5, 5.41) is 10.3. The van der Waals surface area contributed by atoms with Crippen molar-refractivity contribution < 1.29 is 9.31 Å². The number of nitrogens with zero attached hydrogens (tertiary/aromatic N) is 1. The molecule has 0 aliphatic rings. The molecule has 0 bridgehead atoms. The normalized spacial score (nSPS) is 11.5. The fourth-order valence-electron chi connectivity index (χ4n) is 1.26. The average molecular weight is 232 g/mol. The highest BCUT2D eigenvalue weighted by Gasteiger charge is 2.25. The Morgan fingerprint density at radius 2 is 1.93 bits per heavy atom. The quantitative estimate of drug-likeness (QED) is 0.547. The van der Waals surface area contributed by atoms with E-state index in [1.54, 1.807) is 0 Å². The van der Waals surface area contributed by atoms with Gasteiger partial charge in [0.1, 0.15) is 0 Å². The lowest BCUT2D eigenvalue weighted by molar-refractivity contribution is -0.387. The number of rotatable bonds is 1. The van der Waals surface area contributed by atoms with Gasteiger partial charge in [-0.3, -0.25) is 10.1 Å². The molecule has 1 rings (SSSR count). The van der Waals surface area contributed by atoms with Crippen LogP contribution < -0.4 is 0 Å². The summed E-state index contributed by atoms with van der Waals surface area (Å²) in [5.74, 6) is -0.964. The zero-order valence-corrected chi connectivity index (χ0v) is 9.43. The number of hydrogen-bond acceptors (Lipinski definition) is 2. The molecule has 0 aliphatic carbocycles. The van der Waals surface area contributed by atoms with Crippen molar-refractivity contribution in [2.75, 3.05) is 0 Å². The van der Waals surface area contributed by atoms with Crippen LogP contribution in [0.4, 0.5) is 10.1 Å². The molecule has 1 aromatic carbocycles. The first kappa shape index (κ1) is 11.9. The Labute approximate surface area is 92.0 Å². The number of nitro benzene ring substituents is 1. The molecule has 0 saturated heterocycles. The summed E-state index contributed by atoms with van der Waals surface area (Å²) < 4.78 is 13.5. The third-order valence-corrected chi connectivity index (χ3v) is 2.44. The predicted molar refractivity (Wildman–Crippen MR) is 56.8 cm³/mol. The first-order valence-electron chi connectivity index (χ1n) is 4.38. The van der Waals surface area contributed by atoms with Gasteiger partial charge in [-0.05, 0) is 17.0 Å². The first-order valence-corrected chi connectivity index (χ1v) is 4.76. The lowest BCUT2D eigenvalue weighted by atomic mass is 9.87. The monoisotopic (exact) mass is 231 g/mol. The van der Waals surface area contributed by atoms with E-state index in [0.717, 1.165) is 6.07 Å². The maximum atomic E-state index is 13.5. The van der Waals surface area contributed by atoms with Crippen molar-refractivity contribution in [3.05, 3.63) is 38.7 Å². The van der Waals surface area contributed by atoms with E-state index in [2.05, 4.69) is 0 Å². The minimum absolute atomic E-state index is 0.170. The fourth-order valence-corrected chi connectivity index (χ4v) is 1.70. The van der Waals surface area contributed by atoms with Crippen molar-refractivity contribution in [3.8, 4) is 0 Å². The topological polar surface area (TPSA) is 43.1 Å². The van der Waals surface area contributed by atoms with Gasteiger partial charge in [0.2, 0.25) is 5.82 Å². The van der Waals surface area contributed by atoms with Crippen molar-refractivity contribution in [1.29, 1.82) is 0 Å². The summed E-state index contributed by atoms with van der Waals surface area (Å²) in [7, 11) is 0. The third kappa shape index (κ3) is 2.26. The molecule has 82 valence electrons. The van der Waals surface area contributed by atoms with Crippen LogP contribution in [0.5, 0.6) is 0 Å².